The van der Waals surface area contributed by atoms with Crippen LogP contribution in [0, 0.1) is 10.1 Å². The molecule has 4 aromatic rings. The molecule has 0 aliphatic rings. The Morgan fingerprint density at radius 3 is 1.93 bits per heavy atom. The molecule has 0 bridgehead atoms. The Labute approximate surface area is 171 Å². The normalized spacial score (nSPS) is 10.6. The van der Waals surface area contributed by atoms with Crippen molar-refractivity contribution in [3.63, 3.8) is 0 Å². The minimum absolute atomic E-state index is 0.00542. The summed E-state index contributed by atoms with van der Waals surface area (Å²) in [7, 11) is 0. The zero-order chi connectivity index (χ0) is 20.4. The fourth-order valence-electron chi connectivity index (χ4n) is 3.25. The highest BCUT2D eigenvalue weighted by Crippen LogP contribution is 2.46. The summed E-state index contributed by atoms with van der Waals surface area (Å²) in [4.78, 5) is 24.4. The molecule has 1 aromatic heterocycles. The van der Waals surface area contributed by atoms with Gasteiger partial charge in [-0.1, -0.05) is 60.7 Å². The Bertz CT molecular complexity index is 1180. The summed E-state index contributed by atoms with van der Waals surface area (Å²) < 4.78 is 0. The summed E-state index contributed by atoms with van der Waals surface area (Å²) in [6, 6.07) is 24.8. The number of carbonyl (C=O) groups is 1. The van der Waals surface area contributed by atoms with Gasteiger partial charge in [0.25, 0.3) is 5.69 Å². The van der Waals surface area contributed by atoms with E-state index in [-0.39, 0.29) is 11.5 Å². The lowest BCUT2D eigenvalue weighted by atomic mass is 9.93. The molecule has 0 atom stereocenters. The first kappa shape index (κ1) is 18.6. The van der Waals surface area contributed by atoms with Crippen molar-refractivity contribution in [2.24, 2.45) is 0 Å². The number of hydrogen-bond acceptors (Lipinski definition) is 5. The van der Waals surface area contributed by atoms with Crippen molar-refractivity contribution >= 4 is 27.8 Å². The van der Waals surface area contributed by atoms with Gasteiger partial charge in [0.15, 0.2) is 0 Å². The molecule has 0 amide bonds. The van der Waals surface area contributed by atoms with Gasteiger partial charge in [-0.2, -0.15) is 0 Å². The van der Waals surface area contributed by atoms with E-state index < -0.39 is 4.92 Å². The third-order valence-electron chi connectivity index (χ3n) is 4.61. The predicted octanol–water partition coefficient (Wildman–Crippen LogP) is 5.80. The van der Waals surface area contributed by atoms with E-state index in [2.05, 4.69) is 0 Å². The van der Waals surface area contributed by atoms with Crippen LogP contribution in [0.5, 0.6) is 0 Å². The molecule has 0 radical (unpaired) electrons. The van der Waals surface area contributed by atoms with Crippen molar-refractivity contribution < 1.29 is 9.72 Å². The van der Waals surface area contributed by atoms with E-state index in [0.717, 1.165) is 11.1 Å². The first-order chi connectivity index (χ1) is 14.1. The third-order valence-corrected chi connectivity index (χ3v) is 5.62. The number of nitro benzene ring substituents is 1. The lowest BCUT2D eigenvalue weighted by Crippen LogP contribution is -2.00. The lowest BCUT2D eigenvalue weighted by Gasteiger charge is -2.09. The molecule has 0 aliphatic heterocycles. The number of anilines is 1. The maximum Gasteiger partial charge on any atom is 0.269 e. The molecule has 0 saturated carbocycles. The number of nitrogens with zero attached hydrogens (tertiary/aromatic N) is 1. The largest absolute Gasteiger partial charge is 0.390 e. The highest BCUT2D eigenvalue weighted by Gasteiger charge is 2.25. The molecule has 29 heavy (non-hydrogen) atoms. The van der Waals surface area contributed by atoms with Gasteiger partial charge in [-0.25, -0.2) is 0 Å². The van der Waals surface area contributed by atoms with Crippen LogP contribution >= 0.6 is 11.3 Å². The number of nitro groups is 1. The Balaban J connectivity index is 1.95. The van der Waals surface area contributed by atoms with Gasteiger partial charge in [0.05, 0.1) is 14.8 Å². The van der Waals surface area contributed by atoms with Crippen LogP contribution in [0.25, 0.3) is 22.3 Å². The fraction of sp³-hybridized carbons (Fsp3) is 0. The second kappa shape index (κ2) is 7.69. The molecule has 4 rings (SSSR count). The Hall–Kier alpha value is -3.77. The fourth-order valence-corrected chi connectivity index (χ4v) is 4.32. The van der Waals surface area contributed by atoms with Crippen molar-refractivity contribution in [3.8, 4) is 22.3 Å². The summed E-state index contributed by atoms with van der Waals surface area (Å²) in [6.45, 7) is 0. The van der Waals surface area contributed by atoms with Crippen LogP contribution in [0.15, 0.2) is 84.9 Å². The standard InChI is InChI=1S/C23H16N2O3S/c24-23-20(15-7-3-1-4-8-15)19(16-11-13-18(14-12-16)25(27)28)22(29-23)21(26)17-9-5-2-6-10-17/h1-14H,24H2. The van der Waals surface area contributed by atoms with Crippen LogP contribution in [0.1, 0.15) is 15.2 Å². The number of nitrogen functional groups attached to an aromatic ring is 1. The van der Waals surface area contributed by atoms with E-state index in [1.54, 1.807) is 24.3 Å². The minimum atomic E-state index is -0.445. The van der Waals surface area contributed by atoms with Crippen LogP contribution in [-0.4, -0.2) is 10.7 Å². The maximum absolute atomic E-state index is 13.3. The van der Waals surface area contributed by atoms with Gasteiger partial charge in [-0.3, -0.25) is 14.9 Å². The molecule has 0 spiro atoms. The molecular weight excluding hydrogens is 384 g/mol. The van der Waals surface area contributed by atoms with E-state index >= 15 is 0 Å². The van der Waals surface area contributed by atoms with Gasteiger partial charge < -0.3 is 5.73 Å². The van der Waals surface area contributed by atoms with Gasteiger partial charge in [0.2, 0.25) is 5.78 Å². The van der Waals surface area contributed by atoms with E-state index in [0.29, 0.717) is 26.6 Å². The van der Waals surface area contributed by atoms with Gasteiger partial charge in [0.1, 0.15) is 0 Å². The van der Waals surface area contributed by atoms with Crippen molar-refractivity contribution in [1.29, 1.82) is 0 Å². The smallest absolute Gasteiger partial charge is 0.269 e. The third kappa shape index (κ3) is 3.53. The number of thiophene rings is 1. The number of non-ortho nitro benzene ring substituents is 1. The zero-order valence-corrected chi connectivity index (χ0v) is 16.1. The first-order valence-corrected chi connectivity index (χ1v) is 9.70. The maximum atomic E-state index is 13.3. The van der Waals surface area contributed by atoms with Crippen molar-refractivity contribution in [2.75, 3.05) is 5.73 Å². The van der Waals surface area contributed by atoms with Gasteiger partial charge >= 0.3 is 0 Å². The highest BCUT2D eigenvalue weighted by atomic mass is 32.1. The van der Waals surface area contributed by atoms with E-state index in [4.69, 9.17) is 5.73 Å². The molecule has 3 aromatic carbocycles. The van der Waals surface area contributed by atoms with Crippen molar-refractivity contribution in [1.82, 2.24) is 0 Å². The number of nitrogens with two attached hydrogens (primary N) is 1. The van der Waals surface area contributed by atoms with E-state index in [1.165, 1.54) is 23.5 Å². The summed E-state index contributed by atoms with van der Waals surface area (Å²) in [5.41, 5.74) is 9.99. The molecule has 5 nitrogen and oxygen atoms in total. The van der Waals surface area contributed by atoms with Crippen molar-refractivity contribution in [3.05, 3.63) is 105 Å². The molecule has 0 unspecified atom stereocenters. The Kier molecular flexibility index (Phi) is 4.93. The number of benzene rings is 3. The molecular formula is C23H16N2O3S. The number of rotatable bonds is 5. The SMILES string of the molecule is Nc1sc(C(=O)c2ccccc2)c(-c2ccc([N+](=O)[O-])cc2)c1-c1ccccc1. The quantitative estimate of drug-likeness (QED) is 0.260. The topological polar surface area (TPSA) is 86.2 Å². The monoisotopic (exact) mass is 400 g/mol. The Morgan fingerprint density at radius 2 is 1.34 bits per heavy atom. The van der Waals surface area contributed by atoms with Gasteiger partial charge in [-0.15, -0.1) is 11.3 Å². The lowest BCUT2D eigenvalue weighted by molar-refractivity contribution is -0.384. The molecule has 1 heterocycles. The molecule has 6 heteroatoms. The van der Waals surface area contributed by atoms with Crippen LogP contribution in [-0.2, 0) is 0 Å². The zero-order valence-electron chi connectivity index (χ0n) is 15.2. The molecule has 0 fully saturated rings. The first-order valence-electron chi connectivity index (χ1n) is 8.88. The molecule has 142 valence electrons. The minimum Gasteiger partial charge on any atom is -0.390 e. The second-order valence-corrected chi connectivity index (χ2v) is 7.46. The summed E-state index contributed by atoms with van der Waals surface area (Å²) >= 11 is 1.24. The van der Waals surface area contributed by atoms with Crippen LogP contribution < -0.4 is 5.73 Å². The number of carbonyl (C=O) groups excluding carboxylic acids is 1. The van der Waals surface area contributed by atoms with Crippen LogP contribution in [0.2, 0.25) is 0 Å². The molecule has 2 N–H and O–H groups in total. The van der Waals surface area contributed by atoms with Gasteiger partial charge in [-0.05, 0) is 23.3 Å². The predicted molar refractivity (Wildman–Crippen MR) is 116 cm³/mol. The van der Waals surface area contributed by atoms with E-state index in [1.807, 2.05) is 48.5 Å². The van der Waals surface area contributed by atoms with Gasteiger partial charge in [0, 0.05) is 28.8 Å². The summed E-state index contributed by atoms with van der Waals surface area (Å²) in [6.07, 6.45) is 0. The number of ketones is 1. The molecule has 0 saturated heterocycles. The highest BCUT2D eigenvalue weighted by molar-refractivity contribution is 7.19. The summed E-state index contributed by atoms with van der Waals surface area (Å²) in [5, 5.41) is 11.6. The average Bonchev–Trinajstić information content (AvgIpc) is 3.11. The van der Waals surface area contributed by atoms with Crippen molar-refractivity contribution in [2.45, 2.75) is 0 Å². The van der Waals surface area contributed by atoms with Crippen LogP contribution in [0.3, 0.4) is 0 Å². The second-order valence-electron chi connectivity index (χ2n) is 6.41. The molecule has 0 aliphatic carbocycles. The van der Waals surface area contributed by atoms with Crippen LogP contribution in [0.4, 0.5) is 10.7 Å². The summed E-state index contributed by atoms with van der Waals surface area (Å²) in [5.74, 6) is -0.127. The average molecular weight is 400 g/mol. The number of hydrogen-bond donors (Lipinski definition) is 1. The van der Waals surface area contributed by atoms with E-state index in [9.17, 15) is 14.9 Å². The Morgan fingerprint density at radius 1 is 0.793 bits per heavy atom.